The van der Waals surface area contributed by atoms with Gasteiger partial charge in [0.25, 0.3) is 0 Å². The van der Waals surface area contributed by atoms with E-state index >= 15 is 0 Å². The smallest absolute Gasteiger partial charge is 0.236 e. The third-order valence-electron chi connectivity index (χ3n) is 5.09. The molecule has 0 aliphatic carbocycles. The fourth-order valence-corrected chi connectivity index (χ4v) is 5.20. The number of thioether (sulfide) groups is 1. The molecule has 2 heterocycles. The van der Waals surface area contributed by atoms with Gasteiger partial charge in [0.15, 0.2) is 10.3 Å². The van der Waals surface area contributed by atoms with Crippen LogP contribution < -0.4 is 10.1 Å². The maximum Gasteiger partial charge on any atom is 0.236 e. The van der Waals surface area contributed by atoms with Crippen LogP contribution >= 0.6 is 50.6 Å². The highest BCUT2D eigenvalue weighted by Crippen LogP contribution is 2.27. The minimum atomic E-state index is -0.136. The van der Waals surface area contributed by atoms with Gasteiger partial charge in [0.1, 0.15) is 11.6 Å². The molecule has 7 nitrogen and oxygen atoms in total. The molecule has 1 N–H and O–H groups in total. The molecule has 0 spiro atoms. The van der Waals surface area contributed by atoms with Gasteiger partial charge in [-0.05, 0) is 49.2 Å². The molecule has 11 heteroatoms. The number of benzene rings is 2. The first-order valence-electron chi connectivity index (χ1n) is 10.8. The van der Waals surface area contributed by atoms with Crippen molar-refractivity contribution in [2.45, 2.75) is 24.9 Å². The van der Waals surface area contributed by atoms with Crippen LogP contribution in [0.15, 0.2) is 57.5 Å². The predicted molar refractivity (Wildman–Crippen MR) is 146 cm³/mol. The van der Waals surface area contributed by atoms with E-state index in [1.165, 1.54) is 23.1 Å². The van der Waals surface area contributed by atoms with Crippen molar-refractivity contribution in [2.75, 3.05) is 17.7 Å². The van der Waals surface area contributed by atoms with Crippen molar-refractivity contribution in [3.05, 3.63) is 68.7 Å². The fourth-order valence-electron chi connectivity index (χ4n) is 3.25. The second-order valence-electron chi connectivity index (χ2n) is 7.70. The number of nitrogens with one attached hydrogen (secondary N) is 1. The number of halogens is 2. The van der Waals surface area contributed by atoms with Gasteiger partial charge in [-0.15, -0.1) is 21.5 Å². The molecule has 0 aliphatic rings. The number of nitrogens with zero attached hydrogens (tertiary/aromatic N) is 4. The quantitative estimate of drug-likeness (QED) is 0.169. The van der Waals surface area contributed by atoms with E-state index in [-0.39, 0.29) is 11.7 Å². The molecule has 0 saturated carbocycles. The first-order valence-corrected chi connectivity index (χ1v) is 13.8. The van der Waals surface area contributed by atoms with Crippen molar-refractivity contribution in [2.24, 2.45) is 7.05 Å². The first kappa shape index (κ1) is 25.7. The molecule has 4 rings (SSSR count). The Morgan fingerprint density at radius 3 is 2.80 bits per heavy atom. The Balaban J connectivity index is 1.22. The second-order valence-corrected chi connectivity index (χ2v) is 10.9. The first-order chi connectivity index (χ1) is 16.9. The summed E-state index contributed by atoms with van der Waals surface area (Å²) < 4.78 is 8.78. The SMILES string of the molecule is Cc1cc(Cl)ccc1OCCCc1nnc(SCC(=O)Nc2nc(-c3ccc(Br)cc3)cs2)n1C. The molecule has 0 bridgehead atoms. The fraction of sp³-hybridized carbons (Fsp3) is 0.250. The number of carbonyl (C=O) groups is 1. The highest BCUT2D eigenvalue weighted by Gasteiger charge is 2.13. The molecule has 0 radical (unpaired) electrons. The van der Waals surface area contributed by atoms with E-state index in [0.717, 1.165) is 45.7 Å². The summed E-state index contributed by atoms with van der Waals surface area (Å²) >= 11 is 12.2. The Morgan fingerprint density at radius 2 is 2.03 bits per heavy atom. The van der Waals surface area contributed by atoms with Crippen LogP contribution in [0.4, 0.5) is 5.13 Å². The number of hydrogen-bond acceptors (Lipinski definition) is 7. The van der Waals surface area contributed by atoms with E-state index in [1.807, 2.05) is 66.4 Å². The van der Waals surface area contributed by atoms with Gasteiger partial charge in [-0.2, -0.15) is 0 Å². The van der Waals surface area contributed by atoms with E-state index in [9.17, 15) is 4.79 Å². The minimum Gasteiger partial charge on any atom is -0.493 e. The highest BCUT2D eigenvalue weighted by atomic mass is 79.9. The van der Waals surface area contributed by atoms with Crippen molar-refractivity contribution < 1.29 is 9.53 Å². The van der Waals surface area contributed by atoms with Gasteiger partial charge >= 0.3 is 0 Å². The summed E-state index contributed by atoms with van der Waals surface area (Å²) in [5, 5.41) is 15.3. The van der Waals surface area contributed by atoms with Gasteiger partial charge in [-0.1, -0.05) is 51.4 Å². The van der Waals surface area contributed by atoms with Crippen LogP contribution in [0.5, 0.6) is 5.75 Å². The normalized spacial score (nSPS) is 11.0. The molecule has 4 aromatic rings. The minimum absolute atomic E-state index is 0.136. The Bertz CT molecular complexity index is 1310. The molecular formula is C24H23BrClN5O2S2. The predicted octanol–water partition coefficient (Wildman–Crippen LogP) is 6.41. The number of aryl methyl sites for hydroxylation is 2. The number of hydrogen-bond donors (Lipinski definition) is 1. The van der Waals surface area contributed by atoms with E-state index in [4.69, 9.17) is 16.3 Å². The number of anilines is 1. The summed E-state index contributed by atoms with van der Waals surface area (Å²) in [4.78, 5) is 16.9. The summed E-state index contributed by atoms with van der Waals surface area (Å²) in [6.07, 6.45) is 1.52. The van der Waals surface area contributed by atoms with Crippen LogP contribution in [-0.4, -0.2) is 38.0 Å². The molecule has 0 saturated heterocycles. The Morgan fingerprint density at radius 1 is 1.23 bits per heavy atom. The van der Waals surface area contributed by atoms with Crippen LogP contribution in [0.2, 0.25) is 5.02 Å². The van der Waals surface area contributed by atoms with Gasteiger partial charge in [-0.3, -0.25) is 4.79 Å². The molecule has 1 amide bonds. The zero-order valence-electron chi connectivity index (χ0n) is 19.1. The monoisotopic (exact) mass is 591 g/mol. The van der Waals surface area contributed by atoms with E-state index in [1.54, 1.807) is 0 Å². The van der Waals surface area contributed by atoms with Crippen molar-refractivity contribution in [3.63, 3.8) is 0 Å². The van der Waals surface area contributed by atoms with Gasteiger partial charge in [-0.25, -0.2) is 4.98 Å². The lowest BCUT2D eigenvalue weighted by Crippen LogP contribution is -2.14. The lowest BCUT2D eigenvalue weighted by Gasteiger charge is -2.09. The highest BCUT2D eigenvalue weighted by molar-refractivity contribution is 9.10. The summed E-state index contributed by atoms with van der Waals surface area (Å²) in [6.45, 7) is 2.54. The standard InChI is InChI=1S/C24H23BrClN5O2S2/c1-15-12-18(26)9-10-20(15)33-11-3-4-21-29-30-24(31(21)2)35-14-22(32)28-23-27-19(13-34-23)16-5-7-17(25)8-6-16/h5-10,12-13H,3-4,11,14H2,1-2H3,(H,27,28,32). The van der Waals surface area contributed by atoms with Gasteiger partial charge < -0.3 is 14.6 Å². The number of amides is 1. The van der Waals surface area contributed by atoms with Crippen molar-refractivity contribution in [3.8, 4) is 17.0 Å². The van der Waals surface area contributed by atoms with Gasteiger partial charge in [0, 0.05) is 33.9 Å². The van der Waals surface area contributed by atoms with Crippen LogP contribution in [0.25, 0.3) is 11.3 Å². The maximum atomic E-state index is 12.4. The molecular weight excluding hydrogens is 570 g/mol. The summed E-state index contributed by atoms with van der Waals surface area (Å²) in [7, 11) is 1.91. The zero-order valence-corrected chi connectivity index (χ0v) is 23.1. The van der Waals surface area contributed by atoms with E-state index in [2.05, 4.69) is 36.4 Å². The van der Waals surface area contributed by atoms with Crippen LogP contribution in [0.3, 0.4) is 0 Å². The van der Waals surface area contributed by atoms with Crippen molar-refractivity contribution in [1.82, 2.24) is 19.7 Å². The lowest BCUT2D eigenvalue weighted by molar-refractivity contribution is -0.113. The molecule has 2 aromatic heterocycles. The molecule has 35 heavy (non-hydrogen) atoms. The topological polar surface area (TPSA) is 81.9 Å². The Hall–Kier alpha value is -2.40. The molecule has 0 fully saturated rings. The van der Waals surface area contributed by atoms with Crippen molar-refractivity contribution >= 4 is 61.7 Å². The van der Waals surface area contributed by atoms with Crippen LogP contribution in [0.1, 0.15) is 17.8 Å². The number of aromatic nitrogens is 4. The van der Waals surface area contributed by atoms with Crippen molar-refractivity contribution in [1.29, 1.82) is 0 Å². The maximum absolute atomic E-state index is 12.4. The number of ether oxygens (including phenoxy) is 1. The van der Waals surface area contributed by atoms with E-state index in [0.29, 0.717) is 21.9 Å². The molecule has 0 atom stereocenters. The zero-order chi connectivity index (χ0) is 24.8. The summed E-state index contributed by atoms with van der Waals surface area (Å²) in [6, 6.07) is 13.5. The third-order valence-corrected chi connectivity index (χ3v) is 7.63. The van der Waals surface area contributed by atoms with Crippen LogP contribution in [0, 0.1) is 6.92 Å². The Kier molecular flexibility index (Phi) is 8.83. The molecule has 0 aliphatic heterocycles. The second kappa shape index (κ2) is 12.0. The van der Waals surface area contributed by atoms with E-state index < -0.39 is 0 Å². The third kappa shape index (κ3) is 7.07. The molecule has 182 valence electrons. The Labute approximate surface area is 225 Å². The average molecular weight is 593 g/mol. The van der Waals surface area contributed by atoms with Gasteiger partial charge in [0.05, 0.1) is 18.1 Å². The number of rotatable bonds is 10. The van der Waals surface area contributed by atoms with Gasteiger partial charge in [0.2, 0.25) is 5.91 Å². The van der Waals surface area contributed by atoms with Crippen LogP contribution in [-0.2, 0) is 18.3 Å². The number of thiazole rings is 1. The summed E-state index contributed by atoms with van der Waals surface area (Å²) in [5.74, 6) is 1.77. The lowest BCUT2D eigenvalue weighted by atomic mass is 10.2. The largest absolute Gasteiger partial charge is 0.493 e. The number of carbonyl (C=O) groups excluding carboxylic acids is 1. The molecule has 2 aromatic carbocycles. The summed E-state index contributed by atoms with van der Waals surface area (Å²) in [5.41, 5.74) is 2.84. The molecule has 0 unspecified atom stereocenters. The average Bonchev–Trinajstić information content (AvgIpc) is 3.43.